The number of carbonyl (C=O) groups excluding carboxylic acids is 3. The zero-order chi connectivity index (χ0) is 42.9. The van der Waals surface area contributed by atoms with Crippen molar-refractivity contribution in [3.8, 4) is 0 Å². The monoisotopic (exact) mass is 835 g/mol. The highest BCUT2D eigenvalue weighted by Gasteiger charge is 2.56. The summed E-state index contributed by atoms with van der Waals surface area (Å²) in [5.74, 6) is -7.38. The van der Waals surface area contributed by atoms with E-state index in [1.807, 2.05) is 26.0 Å². The van der Waals surface area contributed by atoms with E-state index >= 15 is 0 Å². The van der Waals surface area contributed by atoms with Crippen molar-refractivity contribution in [2.75, 3.05) is 27.9 Å². The number of carbonyl (C=O) groups is 3. The van der Waals surface area contributed by atoms with E-state index in [0.29, 0.717) is 62.7 Å². The first-order valence-corrected chi connectivity index (χ1v) is 21.1. The Morgan fingerprint density at radius 3 is 2.25 bits per heavy atom. The molecule has 0 aromatic heterocycles. The Morgan fingerprint density at radius 2 is 1.63 bits per heavy atom. The number of esters is 1. The minimum atomic E-state index is -2.51. The standard InChI is InChI=1S/C44H70N2O12.CH4/c1-10-13-31-19-25(2)18-26(3)20-37(55-8)40-38(56-9)22-28(5)44(52,58-40)41(49)42(50)46-17-12-11-14-33(46)43(51)57-39(29(6)35(48)24-32(31)45-53)27(4)21-30-15-16-34(47)36(23-30)54-7;/h10,19,21,26,28-31,33-40,47-48,52-53H,1,11-18,20,22-24H2,2-9H3;1H4/b25-19+,27-21+,45-32-;/t26-,28+,29+,30-,31+,33-,34+,35-,36+,37-,38-,39+,40+,44+;/m0./s1. The lowest BCUT2D eigenvalue weighted by Crippen LogP contribution is -2.64. The molecule has 14 heteroatoms. The number of methoxy groups -OCH3 is 3. The summed E-state index contributed by atoms with van der Waals surface area (Å²) in [4.78, 5) is 44.0. The Hall–Kier alpha value is -2.98. The molecule has 1 aliphatic carbocycles. The molecule has 14 atom stereocenters. The number of Topliss-reactive ketones (excluding diaryl/α,β-unsaturated/α-hetero) is 1. The van der Waals surface area contributed by atoms with Crippen LogP contribution in [0.25, 0.3) is 0 Å². The molecule has 3 fully saturated rings. The van der Waals surface area contributed by atoms with E-state index in [-0.39, 0.29) is 57.1 Å². The molecule has 0 unspecified atom stereocenters. The number of allylic oxidation sites excluding steroid dienone is 4. The second-order valence-electron chi connectivity index (χ2n) is 17.4. The number of rotatable bonds is 7. The first kappa shape index (κ1) is 50.4. The van der Waals surface area contributed by atoms with Crippen LogP contribution in [0, 0.1) is 29.6 Å². The smallest absolute Gasteiger partial charge is 0.329 e. The molecule has 1 saturated carbocycles. The third-order valence-corrected chi connectivity index (χ3v) is 13.0. The van der Waals surface area contributed by atoms with Crippen molar-refractivity contribution in [3.05, 3.63) is 36.0 Å². The number of hydrogen-bond donors (Lipinski definition) is 4. The summed E-state index contributed by atoms with van der Waals surface area (Å²) in [5, 5.41) is 48.4. The number of hydrogen-bond acceptors (Lipinski definition) is 13. The molecule has 4 N–H and O–H groups in total. The first-order chi connectivity index (χ1) is 27.5. The Morgan fingerprint density at radius 1 is 0.966 bits per heavy atom. The van der Waals surface area contributed by atoms with Crippen LogP contribution in [-0.2, 0) is 38.1 Å². The van der Waals surface area contributed by atoms with Gasteiger partial charge < -0.3 is 49.1 Å². The molecule has 0 radical (unpaired) electrons. The van der Waals surface area contributed by atoms with Crippen molar-refractivity contribution >= 4 is 23.4 Å². The van der Waals surface area contributed by atoms with Gasteiger partial charge in [0.25, 0.3) is 11.7 Å². The van der Waals surface area contributed by atoms with Gasteiger partial charge in [-0.15, -0.1) is 6.58 Å². The molecule has 3 aliphatic heterocycles. The minimum absolute atomic E-state index is 0. The molecule has 0 spiro atoms. The summed E-state index contributed by atoms with van der Waals surface area (Å²) in [6.07, 6.45) is 5.44. The topological polar surface area (TPSA) is 194 Å². The molecule has 2 bridgehead atoms. The summed E-state index contributed by atoms with van der Waals surface area (Å²) >= 11 is 0. The minimum Gasteiger partial charge on any atom is -0.456 e. The van der Waals surface area contributed by atoms with Crippen LogP contribution in [0.4, 0.5) is 0 Å². The Labute approximate surface area is 352 Å². The maximum atomic E-state index is 14.4. The maximum Gasteiger partial charge on any atom is 0.329 e. The van der Waals surface area contributed by atoms with Gasteiger partial charge in [-0.25, -0.2) is 4.79 Å². The average molecular weight is 835 g/mol. The lowest BCUT2D eigenvalue weighted by molar-refractivity contribution is -0.302. The van der Waals surface area contributed by atoms with Gasteiger partial charge in [-0.1, -0.05) is 57.2 Å². The van der Waals surface area contributed by atoms with Crippen LogP contribution in [0.15, 0.2) is 41.1 Å². The van der Waals surface area contributed by atoms with Crippen LogP contribution in [0.5, 0.6) is 0 Å². The molecule has 0 aromatic carbocycles. The van der Waals surface area contributed by atoms with Gasteiger partial charge in [0, 0.05) is 52.0 Å². The number of piperidine rings is 1. The van der Waals surface area contributed by atoms with Crippen molar-refractivity contribution in [2.24, 2.45) is 34.7 Å². The fourth-order valence-electron chi connectivity index (χ4n) is 9.56. The highest BCUT2D eigenvalue weighted by atomic mass is 16.7. The lowest BCUT2D eigenvalue weighted by Gasteiger charge is -2.47. The van der Waals surface area contributed by atoms with Gasteiger partial charge in [0.1, 0.15) is 18.2 Å². The Bertz CT molecular complexity index is 1510. The van der Waals surface area contributed by atoms with Crippen LogP contribution >= 0.6 is 0 Å². The summed E-state index contributed by atoms with van der Waals surface area (Å²) in [7, 11) is 4.62. The summed E-state index contributed by atoms with van der Waals surface area (Å²) in [5.41, 5.74) is 2.01. The van der Waals surface area contributed by atoms with E-state index < -0.39 is 77.9 Å². The normalized spacial score (nSPS) is 40.5. The van der Waals surface area contributed by atoms with Gasteiger partial charge >= 0.3 is 5.97 Å². The lowest BCUT2D eigenvalue weighted by atomic mass is 9.81. The third kappa shape index (κ3) is 12.1. The zero-order valence-electron chi connectivity index (χ0n) is 35.9. The van der Waals surface area contributed by atoms with E-state index in [2.05, 4.69) is 18.7 Å². The van der Waals surface area contributed by atoms with E-state index in [1.165, 1.54) is 19.1 Å². The molecule has 0 aromatic rings. The number of oxime groups is 1. The number of ketones is 1. The second-order valence-corrected chi connectivity index (χ2v) is 17.4. The molecule has 2 saturated heterocycles. The van der Waals surface area contributed by atoms with Crippen molar-refractivity contribution in [1.82, 2.24) is 4.90 Å². The number of aliphatic hydroxyl groups is 3. The molecular weight excluding hydrogens is 760 g/mol. The van der Waals surface area contributed by atoms with Crippen molar-refractivity contribution in [3.63, 3.8) is 0 Å². The van der Waals surface area contributed by atoms with Gasteiger partial charge in [0.05, 0.1) is 36.2 Å². The quantitative estimate of drug-likeness (QED) is 0.0825. The number of amides is 1. The number of aliphatic hydroxyl groups excluding tert-OH is 2. The van der Waals surface area contributed by atoms with Gasteiger partial charge in [-0.05, 0) is 95.5 Å². The van der Waals surface area contributed by atoms with Crippen molar-refractivity contribution < 1.29 is 58.6 Å². The van der Waals surface area contributed by atoms with E-state index in [4.69, 9.17) is 23.7 Å². The van der Waals surface area contributed by atoms with Gasteiger partial charge in [0.15, 0.2) is 0 Å². The first-order valence-electron chi connectivity index (χ1n) is 21.1. The molecule has 336 valence electrons. The summed E-state index contributed by atoms with van der Waals surface area (Å²) in [6.45, 7) is 13.3. The molecule has 1 amide bonds. The number of fused-ring (bicyclic) bond motifs is 3. The SMILES string of the molecule is C.C=CC[C@@H]1/C=C(\C)C[C@H](C)C[C@H](OC)[C@H]2O[C@@](O)(C(=O)C(=O)N3CCCC[C@H]3C(=O)O[C@H](/C(C)=C/[C@@H]3CC[C@@H](O)[C@H](OC)C3)[C@H](C)[C@@H](O)C/C1=N/O)[C@H](C)C[C@@H]2OC. The molecule has 3 heterocycles. The van der Waals surface area contributed by atoms with E-state index in [1.54, 1.807) is 27.0 Å². The largest absolute Gasteiger partial charge is 0.456 e. The number of cyclic esters (lactones) is 1. The van der Waals surface area contributed by atoms with Crippen molar-refractivity contribution in [1.29, 1.82) is 0 Å². The van der Waals surface area contributed by atoms with Crippen LogP contribution in [-0.4, -0.2) is 131 Å². The fraction of sp³-hybridized carbons (Fsp3) is 0.778. The predicted octanol–water partition coefficient (Wildman–Crippen LogP) is 5.54. The van der Waals surface area contributed by atoms with Crippen LogP contribution < -0.4 is 0 Å². The summed E-state index contributed by atoms with van der Waals surface area (Å²) < 4.78 is 29.9. The Kier molecular flexibility index (Phi) is 19.4. The molecular formula is C45H74N2O12. The van der Waals surface area contributed by atoms with Gasteiger partial charge in [-0.2, -0.15) is 0 Å². The van der Waals surface area contributed by atoms with Gasteiger partial charge in [-0.3, -0.25) is 9.59 Å². The molecule has 4 rings (SSSR count). The predicted molar refractivity (Wildman–Crippen MR) is 224 cm³/mol. The van der Waals surface area contributed by atoms with Crippen LogP contribution in [0.2, 0.25) is 0 Å². The van der Waals surface area contributed by atoms with E-state index in [0.717, 1.165) is 5.57 Å². The second kappa shape index (κ2) is 22.7. The Balaban J connectivity index is 0.00000930. The molecule has 59 heavy (non-hydrogen) atoms. The fourth-order valence-corrected chi connectivity index (χ4v) is 9.56. The molecule has 14 nitrogen and oxygen atoms in total. The number of nitrogens with zero attached hydrogens (tertiary/aromatic N) is 2. The van der Waals surface area contributed by atoms with Crippen LogP contribution in [0.1, 0.15) is 113 Å². The average Bonchev–Trinajstić information content (AvgIpc) is 3.20. The highest BCUT2D eigenvalue weighted by molar-refractivity contribution is 6.39. The summed E-state index contributed by atoms with van der Waals surface area (Å²) in [6, 6.07) is -1.14. The maximum absolute atomic E-state index is 14.4. The third-order valence-electron chi connectivity index (χ3n) is 13.0. The molecule has 4 aliphatic rings. The zero-order valence-corrected chi connectivity index (χ0v) is 35.9. The van der Waals surface area contributed by atoms with Crippen LogP contribution in [0.3, 0.4) is 0 Å². The number of ether oxygens (including phenoxy) is 5. The van der Waals surface area contributed by atoms with Crippen molar-refractivity contribution in [2.45, 2.75) is 167 Å². The highest BCUT2D eigenvalue weighted by Crippen LogP contribution is 2.39. The van der Waals surface area contributed by atoms with Gasteiger partial charge in [0.2, 0.25) is 5.79 Å². The van der Waals surface area contributed by atoms with E-state index in [9.17, 15) is 34.9 Å².